The molecule has 32 heavy (non-hydrogen) atoms. The Morgan fingerprint density at radius 2 is 2.00 bits per heavy atom. The number of aromatic nitrogens is 1. The maximum atomic E-state index is 12.4. The number of amides is 2. The van der Waals surface area contributed by atoms with Crippen LogP contribution in [0.25, 0.3) is 0 Å². The van der Waals surface area contributed by atoms with Crippen molar-refractivity contribution in [3.8, 4) is 0 Å². The average Bonchev–Trinajstić information content (AvgIpc) is 3.09. The molecule has 0 aliphatic carbocycles. The van der Waals surface area contributed by atoms with Crippen molar-refractivity contribution >= 4 is 91.7 Å². The summed E-state index contributed by atoms with van der Waals surface area (Å²) in [5.74, 6) is -2.27. The molecular formula is C14H16N5NaO9S3. The zero-order chi connectivity index (χ0) is 23.5. The number of nitrogens with one attached hydrogen (secondary N) is 1. The van der Waals surface area contributed by atoms with Crippen molar-refractivity contribution in [2.45, 2.75) is 11.4 Å². The number of thiazole rings is 1. The molecule has 0 aromatic carbocycles. The van der Waals surface area contributed by atoms with E-state index in [0.717, 1.165) is 16.2 Å². The summed E-state index contributed by atoms with van der Waals surface area (Å²) < 4.78 is 31.6. The number of aliphatic carboxylic acids is 1. The van der Waals surface area contributed by atoms with Gasteiger partial charge in [-0.25, -0.2) is 9.78 Å². The average molecular weight is 517 g/mol. The zero-order valence-electron chi connectivity index (χ0n) is 15.2. The molecule has 2 amide bonds. The second-order valence-electron chi connectivity index (χ2n) is 5.71. The number of carboxylic acid groups (broad SMARTS) is 1. The summed E-state index contributed by atoms with van der Waals surface area (Å²) in [6, 6.07) is -0.944. The normalized spacial score (nSPS) is 20.1. The van der Waals surface area contributed by atoms with Crippen LogP contribution in [0.4, 0.5) is 5.13 Å². The molecule has 170 valence electrons. The molecule has 0 unspecified atom stereocenters. The molecule has 3 heterocycles. The summed E-state index contributed by atoms with van der Waals surface area (Å²) in [4.78, 5) is 41.2. The number of carboxylic acids is 1. The number of fused-ring (bicyclic) bond motifs is 1. The standard InChI is InChI=1S/C14H13N5O5S2.Na.H2O4S.H/c1-2-5-3-25-12-8(11(21)19(12)9(5)13(22)23)17-10(20)7(18-24)6-4-26-14(15)16-6;;1-5(2,3)4;/h2,4,8,12,24H,1,3H2,(H2,15,16)(H,17,20)(H,22,23);;(H2,1,2,3,4);/b18-7-;;;/t8-,12-;;;/m1.../s1. The van der Waals surface area contributed by atoms with Crippen molar-refractivity contribution in [2.75, 3.05) is 11.5 Å². The van der Waals surface area contributed by atoms with Crippen LogP contribution in [-0.2, 0) is 24.8 Å². The molecule has 0 bridgehead atoms. The fraction of sp³-hybridized carbons (Fsp3) is 0.214. The van der Waals surface area contributed by atoms with E-state index in [1.165, 1.54) is 23.2 Å². The van der Waals surface area contributed by atoms with E-state index >= 15 is 0 Å². The van der Waals surface area contributed by atoms with Crippen LogP contribution in [-0.4, -0.2) is 108 Å². The number of oxime groups is 1. The molecule has 1 aromatic rings. The quantitative estimate of drug-likeness (QED) is 0.0656. The summed E-state index contributed by atoms with van der Waals surface area (Å²) in [6.07, 6.45) is 1.40. The molecule has 0 radical (unpaired) electrons. The predicted octanol–water partition coefficient (Wildman–Crippen LogP) is -1.47. The van der Waals surface area contributed by atoms with E-state index in [0.29, 0.717) is 11.3 Å². The van der Waals surface area contributed by atoms with E-state index in [-0.39, 0.29) is 51.8 Å². The van der Waals surface area contributed by atoms with E-state index in [4.69, 9.17) is 28.5 Å². The summed E-state index contributed by atoms with van der Waals surface area (Å²) in [6.45, 7) is 3.56. The van der Waals surface area contributed by atoms with Gasteiger partial charge in [-0.3, -0.25) is 23.6 Å². The van der Waals surface area contributed by atoms with Gasteiger partial charge >= 0.3 is 45.9 Å². The number of nitrogens with two attached hydrogens (primary N) is 1. The number of nitrogens with zero attached hydrogens (tertiary/aromatic N) is 3. The van der Waals surface area contributed by atoms with Crippen molar-refractivity contribution in [1.82, 2.24) is 15.2 Å². The van der Waals surface area contributed by atoms with E-state index < -0.39 is 39.6 Å². The van der Waals surface area contributed by atoms with Crippen LogP contribution in [0.2, 0.25) is 0 Å². The van der Waals surface area contributed by atoms with Gasteiger partial charge in [-0.2, -0.15) is 8.42 Å². The number of rotatable bonds is 5. The Bertz CT molecular complexity index is 1090. The second-order valence-corrected chi connectivity index (χ2v) is 8.60. The molecule has 2 aliphatic heterocycles. The minimum absolute atomic E-state index is 0. The number of hydrogen-bond donors (Lipinski definition) is 6. The summed E-state index contributed by atoms with van der Waals surface area (Å²) in [5.41, 5.74) is 5.49. The Morgan fingerprint density at radius 1 is 1.41 bits per heavy atom. The van der Waals surface area contributed by atoms with Gasteiger partial charge in [0.15, 0.2) is 10.8 Å². The monoisotopic (exact) mass is 517 g/mol. The summed E-state index contributed by atoms with van der Waals surface area (Å²) >= 11 is 2.37. The number of allylic oxidation sites excluding steroid dienone is 1. The number of thioether (sulfide) groups is 1. The first-order chi connectivity index (χ1) is 14.4. The first-order valence-corrected chi connectivity index (χ1v) is 11.2. The number of carbonyl (C=O) groups is 3. The van der Waals surface area contributed by atoms with Gasteiger partial charge in [-0.15, -0.1) is 23.1 Å². The first kappa shape index (κ1) is 28.0. The summed E-state index contributed by atoms with van der Waals surface area (Å²) in [5, 5.41) is 24.9. The first-order valence-electron chi connectivity index (χ1n) is 7.86. The van der Waals surface area contributed by atoms with E-state index in [1.807, 2.05) is 0 Å². The van der Waals surface area contributed by atoms with Gasteiger partial charge in [0.05, 0.1) is 0 Å². The molecule has 0 saturated carbocycles. The van der Waals surface area contributed by atoms with E-state index in [2.05, 4.69) is 22.0 Å². The number of β-lactam (4-membered cyclic amide) rings is 1. The third-order valence-electron chi connectivity index (χ3n) is 3.81. The molecule has 14 nitrogen and oxygen atoms in total. The fourth-order valence-corrected chi connectivity index (χ4v) is 4.51. The maximum absolute atomic E-state index is 12.4. The van der Waals surface area contributed by atoms with Crippen molar-refractivity contribution < 1.29 is 42.2 Å². The van der Waals surface area contributed by atoms with Crippen LogP contribution in [0.15, 0.2) is 34.5 Å². The second kappa shape index (κ2) is 11.2. The molecule has 18 heteroatoms. The van der Waals surface area contributed by atoms with Crippen molar-refractivity contribution in [3.05, 3.63) is 35.0 Å². The molecule has 1 saturated heterocycles. The fourth-order valence-electron chi connectivity index (χ4n) is 2.62. The third-order valence-corrected chi connectivity index (χ3v) is 5.79. The summed E-state index contributed by atoms with van der Waals surface area (Å²) in [7, 11) is -4.67. The molecule has 3 rings (SSSR count). The van der Waals surface area contributed by atoms with Crippen LogP contribution in [0.3, 0.4) is 0 Å². The van der Waals surface area contributed by atoms with Gasteiger partial charge in [0, 0.05) is 11.1 Å². The Labute approximate surface area is 211 Å². The number of anilines is 1. The van der Waals surface area contributed by atoms with Crippen molar-refractivity contribution in [2.24, 2.45) is 5.16 Å². The minimum atomic E-state index is -4.67. The zero-order valence-corrected chi connectivity index (χ0v) is 17.6. The molecule has 2 aliphatic rings. The van der Waals surface area contributed by atoms with Gasteiger partial charge in [0.1, 0.15) is 22.8 Å². The number of nitrogen functional groups attached to an aromatic ring is 1. The molecular weight excluding hydrogens is 501 g/mol. The van der Waals surface area contributed by atoms with Crippen LogP contribution in [0, 0.1) is 0 Å². The Kier molecular flexibility index (Phi) is 9.85. The van der Waals surface area contributed by atoms with Crippen molar-refractivity contribution in [3.63, 3.8) is 0 Å². The topological polar surface area (TPSA) is 233 Å². The molecule has 1 fully saturated rings. The van der Waals surface area contributed by atoms with Gasteiger partial charge < -0.3 is 21.4 Å². The SMILES string of the molecule is C=CC1=C(C(=O)O)N2C(=O)[C@@H](NC(=O)/C(=N\O)c3csc(N)n3)[C@H]2SC1.O=S(=O)(O)O.[NaH]. The van der Waals surface area contributed by atoms with Gasteiger partial charge in [-0.05, 0) is 5.57 Å². The van der Waals surface area contributed by atoms with Crippen LogP contribution in [0.5, 0.6) is 0 Å². The van der Waals surface area contributed by atoms with E-state index in [1.54, 1.807) is 0 Å². The number of hydrogen-bond acceptors (Lipinski definition) is 11. The Balaban J connectivity index is 0.000000770. The van der Waals surface area contributed by atoms with Gasteiger partial charge in [-0.1, -0.05) is 17.8 Å². The molecule has 7 N–H and O–H groups in total. The molecule has 2 atom stereocenters. The van der Waals surface area contributed by atoms with Crippen LogP contribution in [0.1, 0.15) is 5.69 Å². The van der Waals surface area contributed by atoms with Crippen LogP contribution < -0.4 is 11.1 Å². The van der Waals surface area contributed by atoms with Crippen molar-refractivity contribution in [1.29, 1.82) is 0 Å². The Hall–Kier alpha value is -1.99. The molecule has 0 spiro atoms. The Morgan fingerprint density at radius 3 is 2.44 bits per heavy atom. The van der Waals surface area contributed by atoms with Crippen LogP contribution >= 0.6 is 23.1 Å². The van der Waals surface area contributed by atoms with Gasteiger partial charge in [0.25, 0.3) is 11.8 Å². The molecule has 1 aromatic heterocycles. The predicted molar refractivity (Wildman–Crippen MR) is 116 cm³/mol. The number of carbonyl (C=O) groups excluding carboxylic acids is 2. The van der Waals surface area contributed by atoms with Gasteiger partial charge in [0.2, 0.25) is 0 Å². The van der Waals surface area contributed by atoms with E-state index in [9.17, 15) is 19.5 Å². The third kappa shape index (κ3) is 6.51.